The highest BCUT2D eigenvalue weighted by Gasteiger charge is 2.66. The molecule has 2 aliphatic carbocycles. The van der Waals surface area contributed by atoms with Crippen molar-refractivity contribution in [2.24, 2.45) is 23.2 Å². The Bertz CT molecular complexity index is 1010. The summed E-state index contributed by atoms with van der Waals surface area (Å²) in [5, 5.41) is 25.0. The van der Waals surface area contributed by atoms with Crippen LogP contribution in [-0.4, -0.2) is 40.2 Å². The lowest BCUT2D eigenvalue weighted by molar-refractivity contribution is -0.144. The van der Waals surface area contributed by atoms with Gasteiger partial charge in [-0.2, -0.15) is 0 Å². The Morgan fingerprint density at radius 3 is 2.50 bits per heavy atom. The molecule has 1 amide bonds. The van der Waals surface area contributed by atoms with Gasteiger partial charge in [0.05, 0.1) is 12.2 Å². The molecule has 34 heavy (non-hydrogen) atoms. The van der Waals surface area contributed by atoms with Crippen molar-refractivity contribution < 1.29 is 19.8 Å². The number of allylic oxidation sites excluding steroid dienone is 2. The zero-order chi connectivity index (χ0) is 24.5. The number of hydrogen-bond donors (Lipinski definition) is 3. The Balaban J connectivity index is 1.85. The minimum atomic E-state index is -1.44. The molecule has 1 aliphatic heterocycles. The fourth-order valence-electron chi connectivity index (χ4n) is 6.24. The second kappa shape index (κ2) is 10.0. The van der Waals surface area contributed by atoms with Crippen molar-refractivity contribution in [1.29, 1.82) is 0 Å². The van der Waals surface area contributed by atoms with Crippen LogP contribution in [-0.2, 0) is 16.0 Å². The normalized spacial score (nSPS) is 36.7. The first kappa shape index (κ1) is 24.6. The molecule has 1 aromatic carbocycles. The first-order valence-corrected chi connectivity index (χ1v) is 12.5. The van der Waals surface area contributed by atoms with Gasteiger partial charge >= 0.3 is 0 Å². The van der Waals surface area contributed by atoms with Crippen LogP contribution in [0.25, 0.3) is 0 Å². The van der Waals surface area contributed by atoms with Crippen LogP contribution in [0.5, 0.6) is 0 Å². The average Bonchev–Trinajstić information content (AvgIpc) is 3.11. The number of carbonyl (C=O) groups excluding carboxylic acids is 2. The van der Waals surface area contributed by atoms with Crippen molar-refractivity contribution in [3.8, 4) is 0 Å². The number of rotatable bonds is 2. The van der Waals surface area contributed by atoms with Crippen LogP contribution in [0.2, 0.25) is 0 Å². The molecule has 3 N–H and O–H groups in total. The highest BCUT2D eigenvalue weighted by Crippen LogP contribution is 2.55. The topological polar surface area (TPSA) is 86.6 Å². The zero-order valence-electron chi connectivity index (χ0n) is 20.4. The Kier molecular flexibility index (Phi) is 7.25. The number of aliphatic hydroxyl groups excluding tert-OH is 2. The summed E-state index contributed by atoms with van der Waals surface area (Å²) in [6, 6.07) is 9.71. The molecular formula is C29H37NO4. The molecule has 5 heteroatoms. The molecule has 3 aliphatic rings. The van der Waals surface area contributed by atoms with Gasteiger partial charge in [-0.25, -0.2) is 0 Å². The summed E-state index contributed by atoms with van der Waals surface area (Å²) in [5.74, 6) is -1.29. The van der Waals surface area contributed by atoms with Gasteiger partial charge in [0.1, 0.15) is 5.41 Å². The van der Waals surface area contributed by atoms with Gasteiger partial charge in [-0.1, -0.05) is 73.9 Å². The predicted molar refractivity (Wildman–Crippen MR) is 133 cm³/mol. The molecule has 1 fully saturated rings. The van der Waals surface area contributed by atoms with E-state index in [4.69, 9.17) is 0 Å². The third-order valence-corrected chi connectivity index (χ3v) is 8.24. The van der Waals surface area contributed by atoms with E-state index in [0.717, 1.165) is 36.0 Å². The van der Waals surface area contributed by atoms with E-state index >= 15 is 0 Å². The predicted octanol–water partition coefficient (Wildman–Crippen LogP) is 3.91. The smallest absolute Gasteiger partial charge is 0.235 e. The van der Waals surface area contributed by atoms with Crippen molar-refractivity contribution in [2.75, 3.05) is 0 Å². The molecule has 5 nitrogen and oxygen atoms in total. The quantitative estimate of drug-likeness (QED) is 0.459. The molecule has 1 saturated heterocycles. The zero-order valence-corrected chi connectivity index (χ0v) is 20.4. The number of nitrogens with one attached hydrogen (secondary N) is 1. The fourth-order valence-corrected chi connectivity index (χ4v) is 6.24. The number of benzene rings is 1. The fraction of sp³-hybridized carbons (Fsp3) is 0.517. The van der Waals surface area contributed by atoms with E-state index in [0.29, 0.717) is 18.8 Å². The number of hydrogen-bond acceptors (Lipinski definition) is 4. The lowest BCUT2D eigenvalue weighted by Gasteiger charge is -2.45. The lowest BCUT2D eigenvalue weighted by atomic mass is 9.55. The van der Waals surface area contributed by atoms with Crippen molar-refractivity contribution in [2.45, 2.75) is 71.1 Å². The van der Waals surface area contributed by atoms with Crippen molar-refractivity contribution >= 4 is 11.7 Å². The van der Waals surface area contributed by atoms with E-state index in [9.17, 15) is 19.8 Å². The average molecular weight is 464 g/mol. The Morgan fingerprint density at radius 2 is 1.76 bits per heavy atom. The molecule has 0 unspecified atom stereocenters. The van der Waals surface area contributed by atoms with Crippen LogP contribution in [0.3, 0.4) is 0 Å². The SMILES string of the molecule is CC1=C(C)[C@H]2[C@H](Cc3ccccc3)NC(=O)[C@]23C(=O)C=C[C@H](O)CCC[C@@H](C)CC=C[C@H]3[C@@H]1O. The van der Waals surface area contributed by atoms with Crippen LogP contribution in [0.15, 0.2) is 65.8 Å². The number of ketones is 1. The Hall–Kier alpha value is -2.50. The van der Waals surface area contributed by atoms with Gasteiger partial charge in [0.2, 0.25) is 5.91 Å². The number of carbonyl (C=O) groups is 2. The summed E-state index contributed by atoms with van der Waals surface area (Å²) < 4.78 is 0. The highest BCUT2D eigenvalue weighted by atomic mass is 16.3. The minimum absolute atomic E-state index is 0.259. The Labute approximate surface area is 202 Å². The second-order valence-corrected chi connectivity index (χ2v) is 10.4. The van der Waals surface area contributed by atoms with Gasteiger partial charge in [0.15, 0.2) is 5.78 Å². The van der Waals surface area contributed by atoms with Crippen LogP contribution < -0.4 is 5.32 Å². The van der Waals surface area contributed by atoms with E-state index in [2.05, 4.69) is 12.2 Å². The molecule has 1 heterocycles. The molecule has 0 radical (unpaired) electrons. The van der Waals surface area contributed by atoms with Gasteiger partial charge in [0, 0.05) is 17.9 Å². The van der Waals surface area contributed by atoms with E-state index < -0.39 is 23.5 Å². The Morgan fingerprint density at radius 1 is 1.03 bits per heavy atom. The second-order valence-electron chi connectivity index (χ2n) is 10.4. The summed E-state index contributed by atoms with van der Waals surface area (Å²) in [6.45, 7) is 6.02. The third-order valence-electron chi connectivity index (χ3n) is 8.24. The van der Waals surface area contributed by atoms with Crippen molar-refractivity contribution in [3.05, 3.63) is 71.3 Å². The summed E-state index contributed by atoms with van der Waals surface area (Å²) in [5.41, 5.74) is 1.38. The van der Waals surface area contributed by atoms with Gasteiger partial charge in [-0.05, 0) is 56.2 Å². The van der Waals surface area contributed by atoms with Gasteiger partial charge in [-0.3, -0.25) is 9.59 Å². The van der Waals surface area contributed by atoms with Crippen molar-refractivity contribution in [1.82, 2.24) is 5.32 Å². The van der Waals surface area contributed by atoms with Gasteiger partial charge in [0.25, 0.3) is 0 Å². The van der Waals surface area contributed by atoms with Crippen LogP contribution >= 0.6 is 0 Å². The molecule has 1 spiro atoms. The summed E-state index contributed by atoms with van der Waals surface area (Å²) in [7, 11) is 0. The van der Waals surface area contributed by atoms with Crippen molar-refractivity contribution in [3.63, 3.8) is 0 Å². The number of amides is 1. The minimum Gasteiger partial charge on any atom is -0.389 e. The van der Waals surface area contributed by atoms with E-state index in [1.807, 2.05) is 56.3 Å². The first-order valence-electron chi connectivity index (χ1n) is 12.5. The van der Waals surface area contributed by atoms with Gasteiger partial charge < -0.3 is 15.5 Å². The maximum Gasteiger partial charge on any atom is 0.235 e. The highest BCUT2D eigenvalue weighted by molar-refractivity contribution is 6.14. The largest absolute Gasteiger partial charge is 0.389 e. The molecule has 7 atom stereocenters. The van der Waals surface area contributed by atoms with E-state index in [-0.39, 0.29) is 23.7 Å². The standard InChI is InChI=1S/C29H37NO4/c1-18-9-7-13-22(31)15-16-25(32)29-23(14-8-10-18)27(33)20(3)19(2)26(29)24(30-28(29)34)17-21-11-5-4-6-12-21/h4-6,8,11-12,14-16,18,22-24,26-27,31,33H,7,9-10,13,17H2,1-3H3,(H,30,34)/t18-,22-,23+,24+,26+,27-,29-/m1/s1. The molecule has 182 valence electrons. The van der Waals surface area contributed by atoms with Crippen LogP contribution in [0.1, 0.15) is 52.0 Å². The lowest BCUT2D eigenvalue weighted by Crippen LogP contribution is -2.55. The molecule has 0 aromatic heterocycles. The monoisotopic (exact) mass is 463 g/mol. The first-order chi connectivity index (χ1) is 16.3. The van der Waals surface area contributed by atoms with Crippen LogP contribution in [0.4, 0.5) is 0 Å². The molecular weight excluding hydrogens is 426 g/mol. The molecule has 1 aromatic rings. The number of aliphatic hydroxyl groups is 2. The molecule has 0 saturated carbocycles. The summed E-state index contributed by atoms with van der Waals surface area (Å²) >= 11 is 0. The maximum atomic E-state index is 13.9. The van der Waals surface area contributed by atoms with Crippen LogP contribution in [0, 0.1) is 23.2 Å². The molecule has 4 rings (SSSR count). The van der Waals surface area contributed by atoms with E-state index in [1.54, 1.807) is 0 Å². The summed E-state index contributed by atoms with van der Waals surface area (Å²) in [6.07, 6.45) is 9.06. The molecule has 0 bridgehead atoms. The van der Waals surface area contributed by atoms with E-state index in [1.165, 1.54) is 12.2 Å². The van der Waals surface area contributed by atoms with Gasteiger partial charge in [-0.15, -0.1) is 0 Å². The maximum absolute atomic E-state index is 13.9. The third kappa shape index (κ3) is 4.32. The summed E-state index contributed by atoms with van der Waals surface area (Å²) in [4.78, 5) is 27.8.